The third-order valence-corrected chi connectivity index (χ3v) is 3.29. The number of nitrogens with one attached hydrogen (secondary N) is 2. The molecule has 0 aliphatic heterocycles. The summed E-state index contributed by atoms with van der Waals surface area (Å²) in [5.41, 5.74) is 3.65. The van der Waals surface area contributed by atoms with E-state index in [1.165, 1.54) is 30.5 Å². The van der Waals surface area contributed by atoms with E-state index in [1.807, 2.05) is 0 Å². The Morgan fingerprint density at radius 1 is 1.47 bits per heavy atom. The molecule has 1 unspecified atom stereocenters. The Morgan fingerprint density at radius 3 is 2.73 bits per heavy atom. The topological polar surface area (TPSA) is 40.7 Å². The second-order valence-electron chi connectivity index (χ2n) is 4.87. The van der Waals surface area contributed by atoms with E-state index in [0.717, 1.165) is 18.2 Å². The molecule has 1 aromatic rings. The fourth-order valence-corrected chi connectivity index (χ4v) is 2.05. The van der Waals surface area contributed by atoms with Crippen LogP contribution in [0.15, 0.2) is 0 Å². The van der Waals surface area contributed by atoms with Crippen LogP contribution in [0.3, 0.4) is 0 Å². The number of nitrogens with zero attached hydrogens (tertiary/aromatic N) is 1. The van der Waals surface area contributed by atoms with Crippen molar-refractivity contribution >= 4 is 0 Å². The highest BCUT2D eigenvalue weighted by atomic mass is 15.1. The van der Waals surface area contributed by atoms with Crippen molar-refractivity contribution in [2.24, 2.45) is 5.92 Å². The number of H-pyrrole nitrogens is 1. The summed E-state index contributed by atoms with van der Waals surface area (Å²) in [4.78, 5) is 0. The van der Waals surface area contributed by atoms with Gasteiger partial charge in [0.2, 0.25) is 0 Å². The van der Waals surface area contributed by atoms with E-state index in [2.05, 4.69) is 36.3 Å². The summed E-state index contributed by atoms with van der Waals surface area (Å²) in [6.45, 7) is 7.37. The van der Waals surface area contributed by atoms with Crippen LogP contribution in [0.1, 0.15) is 43.1 Å². The van der Waals surface area contributed by atoms with Crippen LogP contribution in [-0.2, 0) is 6.54 Å². The summed E-state index contributed by atoms with van der Waals surface area (Å²) >= 11 is 0. The zero-order chi connectivity index (χ0) is 10.8. The van der Waals surface area contributed by atoms with Crippen LogP contribution in [0.5, 0.6) is 0 Å². The third kappa shape index (κ3) is 2.81. The van der Waals surface area contributed by atoms with Gasteiger partial charge in [0.25, 0.3) is 0 Å². The molecule has 0 saturated heterocycles. The highest BCUT2D eigenvalue weighted by Gasteiger charge is 2.23. The van der Waals surface area contributed by atoms with E-state index in [1.54, 1.807) is 0 Å². The summed E-state index contributed by atoms with van der Waals surface area (Å²) in [5, 5.41) is 10.8. The van der Waals surface area contributed by atoms with Crippen molar-refractivity contribution in [3.63, 3.8) is 0 Å². The van der Waals surface area contributed by atoms with Crippen molar-refractivity contribution < 1.29 is 0 Å². The Bertz CT molecular complexity index is 306. The first-order valence-corrected chi connectivity index (χ1v) is 5.90. The fraction of sp³-hybridized carbons (Fsp3) is 0.750. The monoisotopic (exact) mass is 207 g/mol. The molecule has 0 aromatic carbocycles. The van der Waals surface area contributed by atoms with Crippen LogP contribution < -0.4 is 5.32 Å². The molecule has 0 amide bonds. The zero-order valence-corrected chi connectivity index (χ0v) is 9.93. The Balaban J connectivity index is 1.81. The Hall–Kier alpha value is -0.830. The van der Waals surface area contributed by atoms with Gasteiger partial charge in [-0.25, -0.2) is 0 Å². The smallest absolute Gasteiger partial charge is 0.0638 e. The first kappa shape index (κ1) is 10.7. The van der Waals surface area contributed by atoms with Crippen molar-refractivity contribution in [2.45, 2.75) is 52.6 Å². The Labute approximate surface area is 91.7 Å². The number of hydrogen-bond donors (Lipinski definition) is 2. The molecule has 0 radical (unpaired) electrons. The van der Waals surface area contributed by atoms with Gasteiger partial charge in [-0.05, 0) is 33.1 Å². The van der Waals surface area contributed by atoms with Gasteiger partial charge < -0.3 is 5.32 Å². The molecule has 1 atom stereocenters. The SMILES string of the molecule is Cc1n[nH]c(C)c1CNC(C)CC1CC1. The standard InChI is InChI=1S/C12H21N3/c1-8(6-11-4-5-11)13-7-12-9(2)14-15-10(12)3/h8,11,13H,4-7H2,1-3H3,(H,14,15). The summed E-state index contributed by atoms with van der Waals surface area (Å²) in [7, 11) is 0. The number of aromatic amines is 1. The minimum absolute atomic E-state index is 0.631. The van der Waals surface area contributed by atoms with Crippen molar-refractivity contribution in [3.05, 3.63) is 17.0 Å². The van der Waals surface area contributed by atoms with Crippen molar-refractivity contribution in [1.29, 1.82) is 0 Å². The molecule has 2 N–H and O–H groups in total. The van der Waals surface area contributed by atoms with Crippen LogP contribution in [0.4, 0.5) is 0 Å². The van der Waals surface area contributed by atoms with Gasteiger partial charge in [-0.1, -0.05) is 12.8 Å². The number of aryl methyl sites for hydroxylation is 2. The fourth-order valence-electron chi connectivity index (χ4n) is 2.05. The van der Waals surface area contributed by atoms with Crippen molar-refractivity contribution in [2.75, 3.05) is 0 Å². The van der Waals surface area contributed by atoms with Gasteiger partial charge >= 0.3 is 0 Å². The first-order valence-electron chi connectivity index (χ1n) is 5.90. The van der Waals surface area contributed by atoms with Crippen molar-refractivity contribution in [3.8, 4) is 0 Å². The van der Waals surface area contributed by atoms with E-state index in [0.29, 0.717) is 6.04 Å². The van der Waals surface area contributed by atoms with Gasteiger partial charge in [-0.15, -0.1) is 0 Å². The molecule has 1 aromatic heterocycles. The van der Waals surface area contributed by atoms with Gasteiger partial charge in [-0.2, -0.15) is 5.10 Å². The summed E-state index contributed by atoms with van der Waals surface area (Å²) in [5.74, 6) is 0.999. The second-order valence-corrected chi connectivity index (χ2v) is 4.87. The molecule has 1 aliphatic carbocycles. The lowest BCUT2D eigenvalue weighted by Crippen LogP contribution is -2.26. The number of rotatable bonds is 5. The van der Waals surface area contributed by atoms with E-state index in [-0.39, 0.29) is 0 Å². The molecule has 1 aliphatic rings. The molecular formula is C12H21N3. The highest BCUT2D eigenvalue weighted by Crippen LogP contribution is 2.33. The summed E-state index contributed by atoms with van der Waals surface area (Å²) in [6, 6.07) is 0.631. The average Bonchev–Trinajstić information content (AvgIpc) is 2.93. The van der Waals surface area contributed by atoms with Gasteiger partial charge in [0.05, 0.1) is 5.69 Å². The average molecular weight is 207 g/mol. The molecule has 0 spiro atoms. The molecule has 0 bridgehead atoms. The first-order chi connectivity index (χ1) is 7.16. The van der Waals surface area contributed by atoms with Gasteiger partial charge in [-0.3, -0.25) is 5.10 Å². The maximum absolute atomic E-state index is 4.20. The van der Waals surface area contributed by atoms with Crippen LogP contribution in [-0.4, -0.2) is 16.2 Å². The van der Waals surface area contributed by atoms with Crippen LogP contribution in [0, 0.1) is 19.8 Å². The molecule has 3 nitrogen and oxygen atoms in total. The van der Waals surface area contributed by atoms with Gasteiger partial charge in [0, 0.05) is 23.8 Å². The molecule has 15 heavy (non-hydrogen) atoms. The van der Waals surface area contributed by atoms with Gasteiger partial charge in [0.1, 0.15) is 0 Å². The Kier molecular flexibility index (Phi) is 3.10. The van der Waals surface area contributed by atoms with Crippen LogP contribution in [0.2, 0.25) is 0 Å². The lowest BCUT2D eigenvalue weighted by atomic mass is 10.1. The predicted molar refractivity (Wildman–Crippen MR) is 61.7 cm³/mol. The lowest BCUT2D eigenvalue weighted by molar-refractivity contribution is 0.486. The molecular weight excluding hydrogens is 186 g/mol. The quantitative estimate of drug-likeness (QED) is 0.778. The maximum Gasteiger partial charge on any atom is 0.0638 e. The van der Waals surface area contributed by atoms with E-state index >= 15 is 0 Å². The van der Waals surface area contributed by atoms with Crippen LogP contribution >= 0.6 is 0 Å². The van der Waals surface area contributed by atoms with Gasteiger partial charge in [0.15, 0.2) is 0 Å². The molecule has 2 rings (SSSR count). The number of aromatic nitrogens is 2. The minimum atomic E-state index is 0.631. The molecule has 1 fully saturated rings. The lowest BCUT2D eigenvalue weighted by Gasteiger charge is -2.13. The Morgan fingerprint density at radius 2 is 2.20 bits per heavy atom. The van der Waals surface area contributed by atoms with E-state index in [4.69, 9.17) is 0 Å². The van der Waals surface area contributed by atoms with E-state index in [9.17, 15) is 0 Å². The minimum Gasteiger partial charge on any atom is -0.310 e. The van der Waals surface area contributed by atoms with Crippen LogP contribution in [0.25, 0.3) is 0 Å². The summed E-state index contributed by atoms with van der Waals surface area (Å²) < 4.78 is 0. The molecule has 3 heteroatoms. The largest absolute Gasteiger partial charge is 0.310 e. The molecule has 1 saturated carbocycles. The van der Waals surface area contributed by atoms with Crippen molar-refractivity contribution in [1.82, 2.24) is 15.5 Å². The second kappa shape index (κ2) is 4.35. The molecule has 1 heterocycles. The summed E-state index contributed by atoms with van der Waals surface area (Å²) in [6.07, 6.45) is 4.21. The zero-order valence-electron chi connectivity index (χ0n) is 9.93. The normalized spacial score (nSPS) is 18.1. The maximum atomic E-state index is 4.20. The van der Waals surface area contributed by atoms with E-state index < -0.39 is 0 Å². The highest BCUT2D eigenvalue weighted by molar-refractivity contribution is 5.22. The number of hydrogen-bond acceptors (Lipinski definition) is 2. The molecule has 84 valence electrons. The third-order valence-electron chi connectivity index (χ3n) is 3.29. The predicted octanol–water partition coefficient (Wildman–Crippen LogP) is 2.30.